The highest BCUT2D eigenvalue weighted by atomic mass is 32.2. The summed E-state index contributed by atoms with van der Waals surface area (Å²) in [5, 5.41) is 8.97. The number of nitrogens with zero attached hydrogens (tertiary/aromatic N) is 2. The summed E-state index contributed by atoms with van der Waals surface area (Å²) in [5.74, 6) is -0.264. The minimum Gasteiger partial charge on any atom is -0.481 e. The van der Waals surface area contributed by atoms with Crippen molar-refractivity contribution < 1.29 is 19.5 Å². The van der Waals surface area contributed by atoms with Crippen LogP contribution in [0, 0.1) is 0 Å². The van der Waals surface area contributed by atoms with Crippen molar-refractivity contribution in [1.29, 1.82) is 0 Å². The molecule has 0 spiro atoms. The lowest BCUT2D eigenvalue weighted by atomic mass is 10.1. The molecule has 0 aliphatic carbocycles. The number of hydrogen-bond donors (Lipinski definition) is 1. The summed E-state index contributed by atoms with van der Waals surface area (Å²) in [4.78, 5) is 39.0. The van der Waals surface area contributed by atoms with Crippen LogP contribution in [0.3, 0.4) is 0 Å². The Morgan fingerprint density at radius 3 is 2.95 bits per heavy atom. The van der Waals surface area contributed by atoms with Gasteiger partial charge in [-0.15, -0.1) is 11.8 Å². The minimum atomic E-state index is -0.873. The molecule has 2 amide bonds. The fourth-order valence-corrected chi connectivity index (χ4v) is 5.16. The van der Waals surface area contributed by atoms with Crippen LogP contribution in [-0.2, 0) is 14.4 Å². The summed E-state index contributed by atoms with van der Waals surface area (Å²) < 4.78 is 0. The fraction of sp³-hybridized carbons (Fsp3) is 0.786. The first-order chi connectivity index (χ1) is 9.92. The van der Waals surface area contributed by atoms with Crippen molar-refractivity contribution in [2.75, 3.05) is 12.3 Å². The molecule has 116 valence electrons. The van der Waals surface area contributed by atoms with Gasteiger partial charge in [0.25, 0.3) is 0 Å². The Balaban J connectivity index is 1.76. The second kappa shape index (κ2) is 5.19. The van der Waals surface area contributed by atoms with E-state index in [1.54, 1.807) is 21.6 Å². The number of carboxylic acids is 1. The van der Waals surface area contributed by atoms with E-state index < -0.39 is 12.0 Å². The molecule has 3 aliphatic rings. The van der Waals surface area contributed by atoms with Gasteiger partial charge in [-0.1, -0.05) is 0 Å². The van der Waals surface area contributed by atoms with Crippen molar-refractivity contribution in [3.05, 3.63) is 0 Å². The van der Waals surface area contributed by atoms with E-state index in [9.17, 15) is 14.4 Å². The van der Waals surface area contributed by atoms with Crippen LogP contribution in [0.5, 0.6) is 0 Å². The highest BCUT2D eigenvalue weighted by Gasteiger charge is 2.54. The van der Waals surface area contributed by atoms with Crippen molar-refractivity contribution in [3.8, 4) is 0 Å². The summed E-state index contributed by atoms with van der Waals surface area (Å²) in [6, 6.07) is -0.631. The maximum absolute atomic E-state index is 12.8. The molecule has 0 unspecified atom stereocenters. The summed E-state index contributed by atoms with van der Waals surface area (Å²) >= 11 is 1.67. The number of hydrogen-bond acceptors (Lipinski definition) is 4. The quantitative estimate of drug-likeness (QED) is 0.838. The predicted octanol–water partition coefficient (Wildman–Crippen LogP) is 0.906. The molecule has 3 heterocycles. The summed E-state index contributed by atoms with van der Waals surface area (Å²) in [6.07, 6.45) is 2.87. The minimum absolute atomic E-state index is 0.00316. The number of amides is 2. The van der Waals surface area contributed by atoms with Crippen molar-refractivity contribution in [1.82, 2.24) is 9.80 Å². The molecular weight excluding hydrogens is 292 g/mol. The third-order valence-electron chi connectivity index (χ3n) is 4.80. The van der Waals surface area contributed by atoms with Gasteiger partial charge in [0.1, 0.15) is 6.04 Å². The standard InChI is InChI=1S/C14H20N2O4S/c1-14-5-4-11(17)16(14)10(8-21-14)13(20)15-6-2-3-9(15)7-12(18)19/h9-10H,2-8H2,1H3,(H,18,19)/t9-,10-,14-/m0/s1. The van der Waals surface area contributed by atoms with Crippen molar-refractivity contribution in [2.24, 2.45) is 0 Å². The van der Waals surface area contributed by atoms with Gasteiger partial charge in [-0.05, 0) is 26.2 Å². The average molecular weight is 312 g/mol. The largest absolute Gasteiger partial charge is 0.481 e. The molecule has 0 aromatic rings. The Morgan fingerprint density at radius 2 is 2.24 bits per heavy atom. The number of rotatable bonds is 3. The van der Waals surface area contributed by atoms with Crippen molar-refractivity contribution in [2.45, 2.75) is 56.0 Å². The van der Waals surface area contributed by atoms with Gasteiger partial charge >= 0.3 is 5.97 Å². The van der Waals surface area contributed by atoms with Gasteiger partial charge in [0.2, 0.25) is 11.8 Å². The number of aliphatic carboxylic acids is 1. The molecule has 6 nitrogen and oxygen atoms in total. The van der Waals surface area contributed by atoms with E-state index in [1.165, 1.54) is 0 Å². The van der Waals surface area contributed by atoms with Gasteiger partial charge in [0.05, 0.1) is 11.3 Å². The monoisotopic (exact) mass is 312 g/mol. The Hall–Kier alpha value is -1.24. The summed E-state index contributed by atoms with van der Waals surface area (Å²) in [5.41, 5.74) is 0. The van der Waals surface area contributed by atoms with Gasteiger partial charge in [0.15, 0.2) is 0 Å². The maximum atomic E-state index is 12.8. The first-order valence-electron chi connectivity index (χ1n) is 7.41. The fourth-order valence-electron chi connectivity index (χ4n) is 3.73. The first-order valence-corrected chi connectivity index (χ1v) is 8.39. The molecule has 3 saturated heterocycles. The van der Waals surface area contributed by atoms with E-state index in [4.69, 9.17) is 5.11 Å². The Morgan fingerprint density at radius 1 is 1.48 bits per heavy atom. The molecule has 3 atom stereocenters. The topological polar surface area (TPSA) is 77.9 Å². The van der Waals surface area contributed by atoms with E-state index in [1.807, 2.05) is 6.92 Å². The third-order valence-corrected chi connectivity index (χ3v) is 6.31. The predicted molar refractivity (Wildman–Crippen MR) is 77.7 cm³/mol. The zero-order chi connectivity index (χ0) is 15.2. The van der Waals surface area contributed by atoms with Gasteiger partial charge < -0.3 is 14.9 Å². The van der Waals surface area contributed by atoms with Crippen molar-refractivity contribution >= 4 is 29.5 Å². The van der Waals surface area contributed by atoms with E-state index in [2.05, 4.69) is 0 Å². The first kappa shape index (κ1) is 14.7. The molecule has 3 rings (SSSR count). The Labute approximate surface area is 127 Å². The second-order valence-electron chi connectivity index (χ2n) is 6.19. The molecule has 0 saturated carbocycles. The molecule has 3 aliphatic heterocycles. The lowest BCUT2D eigenvalue weighted by molar-refractivity contribution is -0.146. The molecule has 21 heavy (non-hydrogen) atoms. The van der Waals surface area contributed by atoms with Crippen LogP contribution in [0.15, 0.2) is 0 Å². The van der Waals surface area contributed by atoms with Gasteiger partial charge in [-0.2, -0.15) is 0 Å². The highest BCUT2D eigenvalue weighted by molar-refractivity contribution is 8.01. The van der Waals surface area contributed by atoms with E-state index in [0.29, 0.717) is 18.7 Å². The molecule has 0 aromatic carbocycles. The molecule has 0 radical (unpaired) electrons. The molecule has 1 N–H and O–H groups in total. The van der Waals surface area contributed by atoms with Crippen LogP contribution < -0.4 is 0 Å². The number of carboxylic acid groups (broad SMARTS) is 1. The maximum Gasteiger partial charge on any atom is 0.305 e. The molecular formula is C14H20N2O4S. The van der Waals surface area contributed by atoms with Gasteiger partial charge in [-0.3, -0.25) is 14.4 Å². The molecule has 7 heteroatoms. The van der Waals surface area contributed by atoms with Gasteiger partial charge in [0, 0.05) is 24.8 Å². The zero-order valence-corrected chi connectivity index (χ0v) is 12.9. The SMILES string of the molecule is C[C@]12CCC(=O)N1[C@H](C(=O)N1CCC[C@H]1CC(=O)O)CS2. The van der Waals surface area contributed by atoms with Crippen LogP contribution in [0.1, 0.15) is 39.0 Å². The van der Waals surface area contributed by atoms with Gasteiger partial charge in [-0.25, -0.2) is 0 Å². The number of fused-ring (bicyclic) bond motifs is 1. The van der Waals surface area contributed by atoms with Crippen LogP contribution in [-0.4, -0.2) is 61.9 Å². The van der Waals surface area contributed by atoms with Crippen LogP contribution in [0.4, 0.5) is 0 Å². The van der Waals surface area contributed by atoms with E-state index in [0.717, 1.165) is 19.3 Å². The number of likely N-dealkylation sites (tertiary alicyclic amines) is 1. The number of carbonyl (C=O) groups excluding carboxylic acids is 2. The highest BCUT2D eigenvalue weighted by Crippen LogP contribution is 2.47. The zero-order valence-electron chi connectivity index (χ0n) is 12.1. The third kappa shape index (κ3) is 2.41. The lowest BCUT2D eigenvalue weighted by Gasteiger charge is -2.33. The van der Waals surface area contributed by atoms with Crippen LogP contribution in [0.2, 0.25) is 0 Å². The molecule has 0 bridgehead atoms. The summed E-state index contributed by atoms with van der Waals surface area (Å²) in [7, 11) is 0. The average Bonchev–Trinajstić information content (AvgIpc) is 3.06. The van der Waals surface area contributed by atoms with Crippen molar-refractivity contribution in [3.63, 3.8) is 0 Å². The lowest BCUT2D eigenvalue weighted by Crippen LogP contribution is -2.52. The Kier molecular flexibility index (Phi) is 3.63. The summed E-state index contributed by atoms with van der Waals surface area (Å²) in [6.45, 7) is 2.63. The van der Waals surface area contributed by atoms with Crippen LogP contribution in [0.25, 0.3) is 0 Å². The second-order valence-corrected chi connectivity index (χ2v) is 7.69. The van der Waals surface area contributed by atoms with Crippen LogP contribution >= 0.6 is 11.8 Å². The smallest absolute Gasteiger partial charge is 0.305 e. The normalized spacial score (nSPS) is 35.4. The molecule has 0 aromatic heterocycles. The number of thioether (sulfide) groups is 1. The van der Waals surface area contributed by atoms with E-state index >= 15 is 0 Å². The van der Waals surface area contributed by atoms with E-state index in [-0.39, 0.29) is 29.1 Å². The Bertz CT molecular complexity index is 497. The molecule has 3 fully saturated rings. The number of carbonyl (C=O) groups is 3.